The van der Waals surface area contributed by atoms with Crippen LogP contribution in [0.1, 0.15) is 36.8 Å². The molecule has 1 aliphatic heterocycles. The molecule has 1 saturated heterocycles. The van der Waals surface area contributed by atoms with Gasteiger partial charge in [-0.15, -0.1) is 5.10 Å². The average Bonchev–Trinajstić information content (AvgIpc) is 2.83. The van der Waals surface area contributed by atoms with Gasteiger partial charge in [-0.1, -0.05) is 19.1 Å². The summed E-state index contributed by atoms with van der Waals surface area (Å²) >= 11 is 0. The summed E-state index contributed by atoms with van der Waals surface area (Å²) in [6.45, 7) is 7.71. The number of hydrogen-bond donors (Lipinski definition) is 0. The smallest absolute Gasteiger partial charge is 0.171 e. The lowest BCUT2D eigenvalue weighted by Crippen LogP contribution is -2.25. The summed E-state index contributed by atoms with van der Waals surface area (Å²) < 4.78 is 1.82. The van der Waals surface area contributed by atoms with E-state index in [1.165, 1.54) is 0 Å². The summed E-state index contributed by atoms with van der Waals surface area (Å²) in [6, 6.07) is 0.375. The molecule has 1 aromatic heterocycles. The second-order valence-corrected chi connectivity index (χ2v) is 4.84. The maximum absolute atomic E-state index is 10.5. The van der Waals surface area contributed by atoms with Gasteiger partial charge in [0.2, 0.25) is 0 Å². The Labute approximate surface area is 95.4 Å². The second-order valence-electron chi connectivity index (χ2n) is 4.84. The van der Waals surface area contributed by atoms with Crippen LogP contribution >= 0.6 is 0 Å². The van der Waals surface area contributed by atoms with Crippen molar-refractivity contribution in [1.29, 1.82) is 0 Å². The van der Waals surface area contributed by atoms with Gasteiger partial charge in [0, 0.05) is 19.6 Å². The predicted molar refractivity (Wildman–Crippen MR) is 60.3 cm³/mol. The topological polar surface area (TPSA) is 51.0 Å². The molecule has 88 valence electrons. The lowest BCUT2D eigenvalue weighted by Gasteiger charge is -2.17. The fourth-order valence-corrected chi connectivity index (χ4v) is 2.23. The molecule has 1 atom stereocenters. The molecule has 0 bridgehead atoms. The van der Waals surface area contributed by atoms with Crippen LogP contribution in [0, 0.1) is 5.92 Å². The first kappa shape index (κ1) is 11.3. The Morgan fingerprint density at radius 2 is 2.44 bits per heavy atom. The second kappa shape index (κ2) is 4.74. The zero-order chi connectivity index (χ0) is 11.5. The summed E-state index contributed by atoms with van der Waals surface area (Å²) in [5.41, 5.74) is 0.419. The van der Waals surface area contributed by atoms with Crippen molar-refractivity contribution in [3.63, 3.8) is 0 Å². The number of likely N-dealkylation sites (tertiary alicyclic amines) is 1. The Kier molecular flexibility index (Phi) is 3.33. The highest BCUT2D eigenvalue weighted by Gasteiger charge is 2.24. The van der Waals surface area contributed by atoms with Crippen molar-refractivity contribution in [2.75, 3.05) is 19.6 Å². The van der Waals surface area contributed by atoms with Crippen LogP contribution in [0.15, 0.2) is 6.20 Å². The van der Waals surface area contributed by atoms with Gasteiger partial charge >= 0.3 is 0 Å². The summed E-state index contributed by atoms with van der Waals surface area (Å²) in [4.78, 5) is 13.0. The molecule has 0 radical (unpaired) electrons. The average molecular weight is 222 g/mol. The number of aldehydes is 1. The van der Waals surface area contributed by atoms with Crippen molar-refractivity contribution in [2.45, 2.75) is 26.3 Å². The third-order valence-electron chi connectivity index (χ3n) is 2.89. The van der Waals surface area contributed by atoms with E-state index in [-0.39, 0.29) is 0 Å². The molecule has 1 fully saturated rings. The number of carbonyl (C=O) groups is 1. The van der Waals surface area contributed by atoms with Gasteiger partial charge in [-0.2, -0.15) is 0 Å². The van der Waals surface area contributed by atoms with Crippen LogP contribution in [-0.4, -0.2) is 45.8 Å². The normalized spacial score (nSPS) is 21.8. The van der Waals surface area contributed by atoms with E-state index in [2.05, 4.69) is 29.1 Å². The molecule has 0 amide bonds. The molecule has 0 N–H and O–H groups in total. The molecule has 0 spiro atoms. The standard InChI is InChI=1S/C11H18N4O/c1-9(2)5-14-4-3-11(7-14)15-6-10(8-16)12-13-15/h6,8-9,11H,3-5,7H2,1-2H3/t11-/m1/s1. The molecule has 0 unspecified atom stereocenters. The molecule has 16 heavy (non-hydrogen) atoms. The lowest BCUT2D eigenvalue weighted by atomic mass is 10.2. The van der Waals surface area contributed by atoms with Gasteiger partial charge < -0.3 is 4.90 Å². The Hall–Kier alpha value is -1.23. The highest BCUT2D eigenvalue weighted by molar-refractivity contribution is 5.70. The molecule has 1 aliphatic rings. The fourth-order valence-electron chi connectivity index (χ4n) is 2.23. The van der Waals surface area contributed by atoms with Gasteiger partial charge in [-0.3, -0.25) is 4.79 Å². The van der Waals surface area contributed by atoms with Crippen LogP contribution in [0.5, 0.6) is 0 Å². The van der Waals surface area contributed by atoms with Gasteiger partial charge in [0.15, 0.2) is 6.29 Å². The molecule has 2 heterocycles. The first-order chi connectivity index (χ1) is 7.69. The van der Waals surface area contributed by atoms with Crippen molar-refractivity contribution >= 4 is 6.29 Å². The minimum atomic E-state index is 0.375. The molecule has 5 heteroatoms. The highest BCUT2D eigenvalue weighted by Crippen LogP contribution is 2.21. The minimum absolute atomic E-state index is 0.375. The van der Waals surface area contributed by atoms with Gasteiger partial charge in [0.1, 0.15) is 5.69 Å². The maximum atomic E-state index is 10.5. The first-order valence-electron chi connectivity index (χ1n) is 5.78. The maximum Gasteiger partial charge on any atom is 0.171 e. The number of rotatable bonds is 4. The fraction of sp³-hybridized carbons (Fsp3) is 0.727. The van der Waals surface area contributed by atoms with E-state index < -0.39 is 0 Å². The minimum Gasteiger partial charge on any atom is -0.301 e. The quantitative estimate of drug-likeness (QED) is 0.713. The van der Waals surface area contributed by atoms with Gasteiger partial charge in [-0.25, -0.2) is 4.68 Å². The molecule has 0 aliphatic carbocycles. The number of nitrogens with zero attached hydrogens (tertiary/aromatic N) is 4. The van der Waals surface area contributed by atoms with Crippen molar-refractivity contribution in [2.24, 2.45) is 5.92 Å². The summed E-state index contributed by atoms with van der Waals surface area (Å²) in [5.74, 6) is 0.694. The van der Waals surface area contributed by atoms with Crippen molar-refractivity contribution in [3.8, 4) is 0 Å². The van der Waals surface area contributed by atoms with Crippen LogP contribution in [-0.2, 0) is 0 Å². The largest absolute Gasteiger partial charge is 0.301 e. The monoisotopic (exact) mass is 222 g/mol. The highest BCUT2D eigenvalue weighted by atomic mass is 16.1. The molecule has 5 nitrogen and oxygen atoms in total. The van der Waals surface area contributed by atoms with Crippen LogP contribution in [0.2, 0.25) is 0 Å². The zero-order valence-corrected chi connectivity index (χ0v) is 9.83. The lowest BCUT2D eigenvalue weighted by molar-refractivity contribution is 0.111. The Balaban J connectivity index is 1.95. The van der Waals surface area contributed by atoms with E-state index in [1.54, 1.807) is 6.20 Å². The van der Waals surface area contributed by atoms with Crippen LogP contribution in [0.3, 0.4) is 0 Å². The molecule has 0 saturated carbocycles. The Morgan fingerprint density at radius 1 is 1.62 bits per heavy atom. The third kappa shape index (κ3) is 2.47. The van der Waals surface area contributed by atoms with Crippen molar-refractivity contribution in [1.82, 2.24) is 19.9 Å². The molecule has 2 rings (SSSR count). The van der Waals surface area contributed by atoms with Gasteiger partial charge in [0.25, 0.3) is 0 Å². The van der Waals surface area contributed by atoms with Gasteiger partial charge in [-0.05, 0) is 12.3 Å². The van der Waals surface area contributed by atoms with E-state index in [0.717, 1.165) is 32.3 Å². The third-order valence-corrected chi connectivity index (χ3v) is 2.89. The number of carbonyl (C=O) groups excluding carboxylic acids is 1. The van der Waals surface area contributed by atoms with E-state index >= 15 is 0 Å². The van der Waals surface area contributed by atoms with Crippen LogP contribution < -0.4 is 0 Å². The SMILES string of the molecule is CC(C)CN1CC[C@@H](n2cc(C=O)nn2)C1. The van der Waals surface area contributed by atoms with E-state index in [4.69, 9.17) is 0 Å². The zero-order valence-electron chi connectivity index (χ0n) is 9.83. The van der Waals surface area contributed by atoms with Crippen LogP contribution in [0.4, 0.5) is 0 Å². The molecule has 1 aromatic rings. The van der Waals surface area contributed by atoms with E-state index in [0.29, 0.717) is 17.7 Å². The molecular weight excluding hydrogens is 204 g/mol. The van der Waals surface area contributed by atoms with Crippen LogP contribution in [0.25, 0.3) is 0 Å². The Morgan fingerprint density at radius 3 is 3.06 bits per heavy atom. The Bertz CT molecular complexity index is 361. The number of hydrogen-bond acceptors (Lipinski definition) is 4. The summed E-state index contributed by atoms with van der Waals surface area (Å²) in [7, 11) is 0. The van der Waals surface area contributed by atoms with E-state index in [1.807, 2.05) is 4.68 Å². The van der Waals surface area contributed by atoms with E-state index in [9.17, 15) is 4.79 Å². The summed E-state index contributed by atoms with van der Waals surface area (Å²) in [6.07, 6.45) is 3.56. The molecule has 0 aromatic carbocycles. The molecular formula is C11H18N4O. The summed E-state index contributed by atoms with van der Waals surface area (Å²) in [5, 5.41) is 7.78. The predicted octanol–water partition coefficient (Wildman–Crippen LogP) is 0.993. The number of aromatic nitrogens is 3. The first-order valence-corrected chi connectivity index (χ1v) is 5.78. The van der Waals surface area contributed by atoms with Gasteiger partial charge in [0.05, 0.1) is 12.2 Å². The van der Waals surface area contributed by atoms with Crippen molar-refractivity contribution in [3.05, 3.63) is 11.9 Å². The van der Waals surface area contributed by atoms with Crippen molar-refractivity contribution < 1.29 is 4.79 Å².